The van der Waals surface area contributed by atoms with Crippen molar-refractivity contribution in [3.05, 3.63) is 118 Å². The maximum absolute atomic E-state index is 14.1. The molecule has 4 nitrogen and oxygen atoms in total. The van der Waals surface area contributed by atoms with E-state index in [9.17, 15) is 9.59 Å². The van der Waals surface area contributed by atoms with Crippen LogP contribution in [0.5, 0.6) is 0 Å². The third-order valence-corrected chi connectivity index (χ3v) is 13.8. The van der Waals surface area contributed by atoms with E-state index in [1.165, 1.54) is 35.1 Å². The molecular weight excluding hydrogens is 544 g/mol. The molecule has 0 aromatic heterocycles. The third-order valence-electron chi connectivity index (χ3n) is 9.22. The fourth-order valence-corrected chi connectivity index (χ4v) is 12.3. The van der Waals surface area contributed by atoms with Crippen LogP contribution in [0.25, 0.3) is 21.5 Å². The van der Waals surface area contributed by atoms with Crippen LogP contribution >= 0.6 is 0 Å². The molecule has 0 radical (unpaired) electrons. The molecule has 0 bridgehead atoms. The van der Waals surface area contributed by atoms with Crippen molar-refractivity contribution in [2.24, 2.45) is 0 Å². The van der Waals surface area contributed by atoms with Gasteiger partial charge in [0.25, 0.3) is 0 Å². The summed E-state index contributed by atoms with van der Waals surface area (Å²) < 4.78 is 13.2. The minimum absolute atomic E-state index is 0.0709. The summed E-state index contributed by atoms with van der Waals surface area (Å²) >= 11 is -4.22. The van der Waals surface area contributed by atoms with Gasteiger partial charge in [0.15, 0.2) is 0 Å². The normalized spacial score (nSPS) is 17.5. The SMILES string of the molecule is [CH3][Ti]([O]C(=O)c1cccc2ccccc12)([O]C(=O)c1cccc2ccccc12)[CH]1C2=C(CCCC2)C2=C1CCCC2. The number of allylic oxidation sites excluding steroid dienone is 4. The second-order valence-electron chi connectivity index (χ2n) is 11.7. The number of hydrogen-bond acceptors (Lipinski definition) is 4. The molecule has 0 heterocycles. The van der Waals surface area contributed by atoms with E-state index in [-0.39, 0.29) is 4.22 Å². The Morgan fingerprint density at radius 3 is 1.49 bits per heavy atom. The minimum atomic E-state index is -4.22. The van der Waals surface area contributed by atoms with Gasteiger partial charge in [0.2, 0.25) is 0 Å². The van der Waals surface area contributed by atoms with E-state index < -0.39 is 29.3 Å². The molecule has 0 spiro atoms. The average Bonchev–Trinajstić information content (AvgIpc) is 3.35. The van der Waals surface area contributed by atoms with E-state index in [0.717, 1.165) is 60.1 Å². The van der Waals surface area contributed by atoms with Crippen LogP contribution < -0.4 is 0 Å². The van der Waals surface area contributed by atoms with Crippen molar-refractivity contribution >= 4 is 33.5 Å². The van der Waals surface area contributed by atoms with E-state index in [2.05, 4.69) is 0 Å². The molecule has 3 aliphatic carbocycles. The molecule has 5 heteroatoms. The molecule has 0 saturated heterocycles. The Balaban J connectivity index is 1.33. The van der Waals surface area contributed by atoms with Crippen molar-refractivity contribution in [1.29, 1.82) is 0 Å². The Kier molecular flexibility index (Phi) is 6.93. The van der Waals surface area contributed by atoms with Crippen LogP contribution in [-0.4, -0.2) is 11.9 Å². The molecule has 41 heavy (non-hydrogen) atoms. The zero-order valence-electron chi connectivity index (χ0n) is 23.5. The van der Waals surface area contributed by atoms with Crippen LogP contribution in [0.2, 0.25) is 9.45 Å². The fourth-order valence-electron chi connectivity index (χ4n) is 7.45. The quantitative estimate of drug-likeness (QED) is 0.221. The molecule has 3 aliphatic rings. The standard InChI is InChI=1S/C13H17.2C11H8O2.CH3.Ti/c1-3-7-12-10(5-1)9-11-6-2-4-8-13(11)12;2*12-11(13)10-7-3-5-8-4-1-2-6-9(8)10;;/h9H,1-8H2;2*1-7H,(H,12,13);1H3;/q;;;;+2/p-2. The molecule has 4 aromatic rings. The van der Waals surface area contributed by atoms with Gasteiger partial charge in [-0.2, -0.15) is 0 Å². The Morgan fingerprint density at radius 1 is 0.585 bits per heavy atom. The van der Waals surface area contributed by atoms with Crippen LogP contribution in [-0.2, 0) is 24.0 Å². The van der Waals surface area contributed by atoms with Crippen LogP contribution in [0.4, 0.5) is 0 Å². The number of hydrogen-bond donors (Lipinski definition) is 0. The first-order valence-corrected chi connectivity index (χ1v) is 18.6. The van der Waals surface area contributed by atoms with E-state index in [0.29, 0.717) is 11.1 Å². The number of fused-ring (bicyclic) bond motifs is 3. The first-order chi connectivity index (χ1) is 20.0. The molecule has 0 aliphatic heterocycles. The molecule has 206 valence electrons. The second kappa shape index (κ2) is 10.7. The van der Waals surface area contributed by atoms with E-state index >= 15 is 0 Å². The van der Waals surface area contributed by atoms with Crippen LogP contribution in [0.3, 0.4) is 0 Å². The van der Waals surface area contributed by atoms with Crippen molar-refractivity contribution in [2.75, 3.05) is 0 Å². The van der Waals surface area contributed by atoms with Gasteiger partial charge in [-0.05, 0) is 0 Å². The zero-order chi connectivity index (χ0) is 28.0. The van der Waals surface area contributed by atoms with Crippen molar-refractivity contribution in [3.8, 4) is 0 Å². The van der Waals surface area contributed by atoms with Crippen molar-refractivity contribution in [1.82, 2.24) is 0 Å². The molecule has 0 fully saturated rings. The molecule has 0 amide bonds. The summed E-state index contributed by atoms with van der Waals surface area (Å²) in [7, 11) is 0. The summed E-state index contributed by atoms with van der Waals surface area (Å²) in [5.74, 6) is -0.782. The predicted octanol–water partition coefficient (Wildman–Crippen LogP) is 9.58. The van der Waals surface area contributed by atoms with Gasteiger partial charge < -0.3 is 0 Å². The summed E-state index contributed by atoms with van der Waals surface area (Å²) in [6.07, 6.45) is 8.78. The first kappa shape index (κ1) is 26.4. The number of benzene rings is 4. The van der Waals surface area contributed by atoms with Gasteiger partial charge in [-0.3, -0.25) is 0 Å². The number of carbonyl (C=O) groups excluding carboxylic acids is 2. The Labute approximate surface area is 245 Å². The molecule has 0 saturated carbocycles. The third kappa shape index (κ3) is 4.68. The van der Waals surface area contributed by atoms with Gasteiger partial charge in [-0.25, -0.2) is 0 Å². The van der Waals surface area contributed by atoms with Crippen molar-refractivity contribution < 1.29 is 33.6 Å². The van der Waals surface area contributed by atoms with Crippen LogP contribution in [0.15, 0.2) is 107 Å². The van der Waals surface area contributed by atoms with Gasteiger partial charge in [-0.15, -0.1) is 0 Å². The van der Waals surface area contributed by atoms with Gasteiger partial charge >= 0.3 is 246 Å². The summed E-state index contributed by atoms with van der Waals surface area (Å²) in [6, 6.07) is 27.2. The molecular formula is C36H34O4Ti. The number of rotatable bonds is 5. The first-order valence-electron chi connectivity index (χ1n) is 14.9. The topological polar surface area (TPSA) is 52.6 Å². The van der Waals surface area contributed by atoms with Crippen LogP contribution in [0.1, 0.15) is 72.1 Å². The molecule has 0 atom stereocenters. The Hall–Kier alpha value is -3.47. The second-order valence-corrected chi connectivity index (χ2v) is 16.4. The monoisotopic (exact) mass is 578 g/mol. The maximum atomic E-state index is 14.1. The fraction of sp³-hybridized carbons (Fsp3) is 0.278. The number of carbonyl (C=O) groups is 2. The molecule has 0 N–H and O–H groups in total. The molecule has 7 rings (SSSR count). The predicted molar refractivity (Wildman–Crippen MR) is 159 cm³/mol. The van der Waals surface area contributed by atoms with E-state index in [1.807, 2.05) is 90.2 Å². The summed E-state index contributed by atoms with van der Waals surface area (Å²) in [5, 5.41) is 5.68. The zero-order valence-corrected chi connectivity index (χ0v) is 25.0. The van der Waals surface area contributed by atoms with E-state index in [4.69, 9.17) is 6.64 Å². The van der Waals surface area contributed by atoms with Gasteiger partial charge in [0.05, 0.1) is 0 Å². The summed E-state index contributed by atoms with van der Waals surface area (Å²) in [4.78, 5) is 28.2. The van der Waals surface area contributed by atoms with Crippen LogP contribution in [0, 0.1) is 0 Å². The Bertz CT molecular complexity index is 1630. The van der Waals surface area contributed by atoms with Crippen molar-refractivity contribution in [2.45, 2.75) is 60.8 Å². The van der Waals surface area contributed by atoms with E-state index in [1.54, 1.807) is 0 Å². The summed E-state index contributed by atoms with van der Waals surface area (Å²) in [5.41, 5.74) is 6.79. The Morgan fingerprint density at radius 2 is 1.00 bits per heavy atom. The van der Waals surface area contributed by atoms with Gasteiger partial charge in [0.1, 0.15) is 0 Å². The summed E-state index contributed by atoms with van der Waals surface area (Å²) in [6.45, 7) is 0. The van der Waals surface area contributed by atoms with Crippen molar-refractivity contribution in [3.63, 3.8) is 0 Å². The molecule has 4 aromatic carbocycles. The van der Waals surface area contributed by atoms with Gasteiger partial charge in [-0.1, -0.05) is 0 Å². The van der Waals surface area contributed by atoms with Gasteiger partial charge in [0, 0.05) is 0 Å². The molecule has 0 unspecified atom stereocenters. The average molecular weight is 579 g/mol.